The van der Waals surface area contributed by atoms with Crippen molar-refractivity contribution in [2.75, 3.05) is 6.61 Å². The number of rotatable bonds is 4. The van der Waals surface area contributed by atoms with Gasteiger partial charge >= 0.3 is 5.97 Å². The highest BCUT2D eigenvalue weighted by atomic mass is 35.5. The first-order chi connectivity index (χ1) is 12.7. The van der Waals surface area contributed by atoms with Crippen LogP contribution in [0, 0.1) is 11.3 Å². The van der Waals surface area contributed by atoms with Crippen LogP contribution < -0.4 is 0 Å². The summed E-state index contributed by atoms with van der Waals surface area (Å²) >= 11 is 6.49. The lowest BCUT2D eigenvalue weighted by molar-refractivity contribution is -0.146. The van der Waals surface area contributed by atoms with Crippen LogP contribution in [0.5, 0.6) is 0 Å². The first kappa shape index (κ1) is 19.8. The molecule has 0 spiro atoms. The minimum absolute atomic E-state index is 0.0516. The number of halogens is 1. The molecular formula is C22H26ClNO3. The summed E-state index contributed by atoms with van der Waals surface area (Å²) in [5.74, 6) is -1.36. The van der Waals surface area contributed by atoms with Gasteiger partial charge < -0.3 is 4.74 Å². The summed E-state index contributed by atoms with van der Waals surface area (Å²) < 4.78 is 5.45. The van der Waals surface area contributed by atoms with E-state index in [0.717, 1.165) is 17.7 Å². The average molecular weight is 388 g/mol. The van der Waals surface area contributed by atoms with E-state index in [0.29, 0.717) is 35.8 Å². The number of carbonyl (C=O) groups excluding carboxylic acids is 2. The summed E-state index contributed by atoms with van der Waals surface area (Å²) in [5, 5.41) is 0.551. The predicted octanol–water partition coefficient (Wildman–Crippen LogP) is 5.11. The van der Waals surface area contributed by atoms with E-state index >= 15 is 0 Å². The number of carbonyl (C=O) groups is 2. The molecule has 0 fully saturated rings. The second-order valence-corrected chi connectivity index (χ2v) is 8.61. The molecule has 0 bridgehead atoms. The number of Topliss-reactive ketones (excluding diaryl/α,β-unsaturated/α-hetero) is 1. The minimum atomic E-state index is -0.625. The maximum Gasteiger partial charge on any atom is 0.315 e. The zero-order chi connectivity index (χ0) is 19.8. The molecule has 1 aliphatic carbocycles. The van der Waals surface area contributed by atoms with Crippen molar-refractivity contribution in [3.05, 3.63) is 46.1 Å². The first-order valence-corrected chi connectivity index (χ1v) is 9.85. The molecule has 0 amide bonds. The van der Waals surface area contributed by atoms with Crippen molar-refractivity contribution in [2.24, 2.45) is 16.3 Å². The van der Waals surface area contributed by atoms with Crippen LogP contribution in [0.2, 0.25) is 5.02 Å². The first-order valence-electron chi connectivity index (χ1n) is 9.47. The van der Waals surface area contributed by atoms with Crippen LogP contribution >= 0.6 is 11.6 Å². The zero-order valence-corrected chi connectivity index (χ0v) is 17.1. The molecule has 1 aliphatic heterocycles. The highest BCUT2D eigenvalue weighted by Gasteiger charge is 2.46. The fraction of sp³-hybridized carbons (Fsp3) is 0.500. The Bertz CT molecular complexity index is 838. The van der Waals surface area contributed by atoms with Gasteiger partial charge in [0.2, 0.25) is 0 Å². The third-order valence-electron chi connectivity index (χ3n) is 5.24. The van der Waals surface area contributed by atoms with Crippen LogP contribution in [0.15, 0.2) is 40.5 Å². The molecule has 0 radical (unpaired) electrons. The fourth-order valence-corrected chi connectivity index (χ4v) is 4.36. The minimum Gasteiger partial charge on any atom is -0.465 e. The van der Waals surface area contributed by atoms with Crippen molar-refractivity contribution in [3.8, 4) is 0 Å². The summed E-state index contributed by atoms with van der Waals surface area (Å²) in [7, 11) is 0. The number of aliphatic imine (C=N–C) groups is 1. The Morgan fingerprint density at radius 3 is 2.67 bits per heavy atom. The van der Waals surface area contributed by atoms with Gasteiger partial charge in [-0.2, -0.15) is 0 Å². The molecule has 1 aromatic carbocycles. The van der Waals surface area contributed by atoms with E-state index < -0.39 is 11.8 Å². The van der Waals surface area contributed by atoms with Crippen molar-refractivity contribution in [2.45, 2.75) is 52.9 Å². The zero-order valence-electron chi connectivity index (χ0n) is 16.3. The van der Waals surface area contributed by atoms with Gasteiger partial charge in [-0.3, -0.25) is 14.6 Å². The molecule has 27 heavy (non-hydrogen) atoms. The Hall–Kier alpha value is -1.94. The lowest BCUT2D eigenvalue weighted by atomic mass is 9.67. The molecule has 0 aromatic heterocycles. The van der Waals surface area contributed by atoms with Gasteiger partial charge in [0, 0.05) is 34.3 Å². The Balaban J connectivity index is 2.15. The highest BCUT2D eigenvalue weighted by Crippen LogP contribution is 2.49. The van der Waals surface area contributed by atoms with Gasteiger partial charge in [0.25, 0.3) is 0 Å². The van der Waals surface area contributed by atoms with Crippen LogP contribution in [0.1, 0.15) is 58.4 Å². The summed E-state index contributed by atoms with van der Waals surface area (Å²) in [5.41, 5.74) is 2.75. The second-order valence-electron chi connectivity index (χ2n) is 8.20. The second kappa shape index (κ2) is 7.59. The van der Waals surface area contributed by atoms with Gasteiger partial charge in [0.15, 0.2) is 5.78 Å². The number of hydrogen-bond donors (Lipinski definition) is 0. The van der Waals surface area contributed by atoms with Crippen molar-refractivity contribution in [1.82, 2.24) is 0 Å². The van der Waals surface area contributed by atoms with Gasteiger partial charge in [0.05, 0.1) is 6.61 Å². The fourth-order valence-electron chi connectivity index (χ4n) is 4.11. The van der Waals surface area contributed by atoms with E-state index in [-0.39, 0.29) is 17.2 Å². The van der Waals surface area contributed by atoms with E-state index in [1.165, 1.54) is 0 Å². The lowest BCUT2D eigenvalue weighted by Gasteiger charge is -2.39. The average Bonchev–Trinajstić information content (AvgIpc) is 2.57. The molecule has 1 unspecified atom stereocenters. The number of esters is 1. The molecule has 1 aromatic rings. The number of hydrogen-bond acceptors (Lipinski definition) is 4. The van der Waals surface area contributed by atoms with E-state index in [9.17, 15) is 9.59 Å². The van der Waals surface area contributed by atoms with Gasteiger partial charge in [0.1, 0.15) is 5.92 Å². The highest BCUT2D eigenvalue weighted by molar-refractivity contribution is 6.31. The molecular weight excluding hydrogens is 362 g/mol. The third kappa shape index (κ3) is 3.86. The van der Waals surface area contributed by atoms with Gasteiger partial charge in [-0.05, 0) is 36.8 Å². The summed E-state index contributed by atoms with van der Waals surface area (Å²) in [6.45, 7) is 8.30. The van der Waals surface area contributed by atoms with Crippen molar-refractivity contribution >= 4 is 29.1 Å². The maximum absolute atomic E-state index is 13.1. The molecule has 4 nitrogen and oxygen atoms in total. The third-order valence-corrected chi connectivity index (χ3v) is 5.59. The molecule has 3 rings (SSSR count). The molecule has 0 N–H and O–H groups in total. The summed E-state index contributed by atoms with van der Waals surface area (Å²) in [6, 6.07) is 7.42. The standard InChI is InChI=1S/C22H26ClNO3/c1-5-10-27-21(26)18-13(2)24-16-11-22(3,4)12-17(25)20(16)19(18)14-8-6-7-9-15(14)23/h6-9,18-19H,5,10-12H2,1-4H3/t18?,19-/m1/s1. The number of nitrogens with zero attached hydrogens (tertiary/aromatic N) is 1. The molecule has 5 heteroatoms. The number of ether oxygens (including phenoxy) is 1. The number of ketones is 1. The van der Waals surface area contributed by atoms with Crippen LogP contribution in [0.3, 0.4) is 0 Å². The number of allylic oxidation sites excluding steroid dienone is 2. The van der Waals surface area contributed by atoms with Gasteiger partial charge in [-0.15, -0.1) is 0 Å². The Labute approximate surface area is 165 Å². The molecule has 2 atom stereocenters. The molecule has 2 aliphatic rings. The van der Waals surface area contributed by atoms with E-state index in [1.807, 2.05) is 32.0 Å². The van der Waals surface area contributed by atoms with Crippen molar-refractivity contribution in [3.63, 3.8) is 0 Å². The van der Waals surface area contributed by atoms with Gasteiger partial charge in [-0.25, -0.2) is 0 Å². The molecule has 0 saturated carbocycles. The maximum atomic E-state index is 13.1. The van der Waals surface area contributed by atoms with Crippen LogP contribution in [0.25, 0.3) is 0 Å². The smallest absolute Gasteiger partial charge is 0.315 e. The molecule has 144 valence electrons. The Morgan fingerprint density at radius 2 is 2.00 bits per heavy atom. The lowest BCUT2D eigenvalue weighted by Crippen LogP contribution is -2.39. The van der Waals surface area contributed by atoms with Crippen LogP contribution in [-0.2, 0) is 14.3 Å². The van der Waals surface area contributed by atoms with Crippen LogP contribution in [-0.4, -0.2) is 24.1 Å². The quantitative estimate of drug-likeness (QED) is 0.674. The van der Waals surface area contributed by atoms with Crippen LogP contribution in [0.4, 0.5) is 0 Å². The van der Waals surface area contributed by atoms with E-state index in [4.69, 9.17) is 21.3 Å². The van der Waals surface area contributed by atoms with Crippen molar-refractivity contribution < 1.29 is 14.3 Å². The normalized spacial score (nSPS) is 24.3. The van der Waals surface area contributed by atoms with E-state index in [1.54, 1.807) is 6.07 Å². The van der Waals surface area contributed by atoms with Crippen molar-refractivity contribution in [1.29, 1.82) is 0 Å². The monoisotopic (exact) mass is 387 g/mol. The molecule has 0 saturated heterocycles. The predicted molar refractivity (Wildman–Crippen MR) is 107 cm³/mol. The topological polar surface area (TPSA) is 55.7 Å². The Kier molecular flexibility index (Phi) is 5.57. The number of benzene rings is 1. The SMILES string of the molecule is CCCOC(=O)C1C(C)=NC2=C(C(=O)CC(C)(C)C2)[C@@H]1c1ccccc1Cl. The summed E-state index contributed by atoms with van der Waals surface area (Å²) in [6.07, 6.45) is 1.90. The Morgan fingerprint density at radius 1 is 1.30 bits per heavy atom. The molecule has 1 heterocycles. The van der Waals surface area contributed by atoms with Gasteiger partial charge in [-0.1, -0.05) is 50.6 Å². The largest absolute Gasteiger partial charge is 0.465 e. The van der Waals surface area contributed by atoms with E-state index in [2.05, 4.69) is 13.8 Å². The summed E-state index contributed by atoms with van der Waals surface area (Å²) in [4.78, 5) is 30.7.